The molecular weight excluding hydrogens is 442 g/mol. The van der Waals surface area contributed by atoms with Gasteiger partial charge in [-0.3, -0.25) is 4.72 Å². The van der Waals surface area contributed by atoms with E-state index in [9.17, 15) is 8.42 Å². The second-order valence-corrected chi connectivity index (χ2v) is 9.57. The number of anilines is 5. The summed E-state index contributed by atoms with van der Waals surface area (Å²) in [4.78, 5) is 0.234. The fraction of sp³-hybridized carbons (Fsp3) is 0. The minimum absolute atomic E-state index is 0.234. The average molecular weight is 466 g/mol. The van der Waals surface area contributed by atoms with Crippen molar-refractivity contribution in [3.63, 3.8) is 0 Å². The third kappa shape index (κ3) is 5.03. The van der Waals surface area contributed by atoms with Crippen molar-refractivity contribution in [2.24, 2.45) is 0 Å². The van der Waals surface area contributed by atoms with Gasteiger partial charge in [0, 0.05) is 28.4 Å². The summed E-state index contributed by atoms with van der Waals surface area (Å²) >= 11 is 0. The predicted molar refractivity (Wildman–Crippen MR) is 141 cm³/mol. The van der Waals surface area contributed by atoms with Gasteiger partial charge < -0.3 is 10.6 Å². The smallest absolute Gasteiger partial charge is 0.261 e. The van der Waals surface area contributed by atoms with E-state index in [1.165, 1.54) is 0 Å². The molecule has 0 spiro atoms. The summed E-state index contributed by atoms with van der Waals surface area (Å²) in [5, 5.41) is 8.57. The summed E-state index contributed by atoms with van der Waals surface area (Å²) < 4.78 is 28.4. The number of hydrogen-bond acceptors (Lipinski definition) is 4. The summed E-state index contributed by atoms with van der Waals surface area (Å²) in [6.07, 6.45) is 0. The number of para-hydroxylation sites is 1. The highest BCUT2D eigenvalue weighted by molar-refractivity contribution is 7.92. The molecule has 0 aliphatic heterocycles. The Bertz CT molecular complexity index is 1520. The molecule has 0 fully saturated rings. The van der Waals surface area contributed by atoms with Crippen LogP contribution in [0.25, 0.3) is 10.8 Å². The minimum Gasteiger partial charge on any atom is -0.356 e. The van der Waals surface area contributed by atoms with Crippen LogP contribution in [0, 0.1) is 0 Å². The van der Waals surface area contributed by atoms with Gasteiger partial charge in [0.1, 0.15) is 0 Å². The van der Waals surface area contributed by atoms with Gasteiger partial charge in [0.25, 0.3) is 10.0 Å². The van der Waals surface area contributed by atoms with Crippen LogP contribution in [0.2, 0.25) is 0 Å². The van der Waals surface area contributed by atoms with E-state index in [-0.39, 0.29) is 4.90 Å². The van der Waals surface area contributed by atoms with Gasteiger partial charge in [-0.05, 0) is 83.6 Å². The second-order valence-electron chi connectivity index (χ2n) is 7.89. The molecule has 0 heterocycles. The highest BCUT2D eigenvalue weighted by Gasteiger charge is 2.14. The van der Waals surface area contributed by atoms with Crippen LogP contribution >= 0.6 is 0 Å². The molecular formula is C28H23N3O2S. The Morgan fingerprint density at radius 1 is 0.441 bits per heavy atom. The molecule has 0 unspecified atom stereocenters. The van der Waals surface area contributed by atoms with Gasteiger partial charge in [-0.1, -0.05) is 48.5 Å². The van der Waals surface area contributed by atoms with Crippen molar-refractivity contribution >= 4 is 49.2 Å². The van der Waals surface area contributed by atoms with E-state index < -0.39 is 10.0 Å². The van der Waals surface area contributed by atoms with Crippen molar-refractivity contribution in [3.8, 4) is 0 Å². The summed E-state index contributed by atoms with van der Waals surface area (Å²) in [6.45, 7) is 0. The van der Waals surface area contributed by atoms with Gasteiger partial charge in [-0.2, -0.15) is 0 Å². The van der Waals surface area contributed by atoms with Crippen LogP contribution in [-0.4, -0.2) is 8.42 Å². The first kappa shape index (κ1) is 21.6. The zero-order chi connectivity index (χ0) is 23.4. The third-order valence-electron chi connectivity index (χ3n) is 5.40. The lowest BCUT2D eigenvalue weighted by Gasteiger charge is -2.11. The van der Waals surface area contributed by atoms with Gasteiger partial charge in [-0.25, -0.2) is 8.42 Å². The monoisotopic (exact) mass is 465 g/mol. The Morgan fingerprint density at radius 2 is 0.912 bits per heavy atom. The third-order valence-corrected chi connectivity index (χ3v) is 6.78. The van der Waals surface area contributed by atoms with Crippen molar-refractivity contribution in [3.05, 3.63) is 121 Å². The SMILES string of the molecule is O=S(=O)(Nc1ccc(Nc2ccc(Nc3ccccc3)cc2)cc1)c1ccc2ccccc2c1. The highest BCUT2D eigenvalue weighted by Crippen LogP contribution is 2.25. The van der Waals surface area contributed by atoms with E-state index in [1.807, 2.05) is 97.1 Å². The highest BCUT2D eigenvalue weighted by atomic mass is 32.2. The molecule has 5 nitrogen and oxygen atoms in total. The van der Waals surface area contributed by atoms with Crippen LogP contribution < -0.4 is 15.4 Å². The van der Waals surface area contributed by atoms with E-state index in [2.05, 4.69) is 15.4 Å². The number of nitrogens with one attached hydrogen (secondary N) is 3. The average Bonchev–Trinajstić information content (AvgIpc) is 2.86. The van der Waals surface area contributed by atoms with Crippen LogP contribution in [0.1, 0.15) is 0 Å². The minimum atomic E-state index is -3.68. The van der Waals surface area contributed by atoms with E-state index in [0.29, 0.717) is 5.69 Å². The maximum atomic E-state index is 12.9. The van der Waals surface area contributed by atoms with Crippen LogP contribution in [0.5, 0.6) is 0 Å². The lowest BCUT2D eigenvalue weighted by atomic mass is 10.1. The lowest BCUT2D eigenvalue weighted by Crippen LogP contribution is -2.12. The fourth-order valence-electron chi connectivity index (χ4n) is 3.66. The van der Waals surface area contributed by atoms with Crippen molar-refractivity contribution in [1.29, 1.82) is 0 Å². The normalized spacial score (nSPS) is 11.2. The summed E-state index contributed by atoms with van der Waals surface area (Å²) in [5.74, 6) is 0. The zero-order valence-corrected chi connectivity index (χ0v) is 19.1. The van der Waals surface area contributed by atoms with Crippen LogP contribution in [0.4, 0.5) is 28.4 Å². The molecule has 3 N–H and O–H groups in total. The molecule has 6 heteroatoms. The Balaban J connectivity index is 1.24. The van der Waals surface area contributed by atoms with Gasteiger partial charge in [0.2, 0.25) is 0 Å². The van der Waals surface area contributed by atoms with Crippen molar-refractivity contribution in [2.75, 3.05) is 15.4 Å². The number of fused-ring (bicyclic) bond motifs is 1. The zero-order valence-electron chi connectivity index (χ0n) is 18.3. The van der Waals surface area contributed by atoms with Crippen LogP contribution in [0.3, 0.4) is 0 Å². The molecule has 0 aromatic heterocycles. The number of rotatable bonds is 7. The number of benzene rings is 5. The van der Waals surface area contributed by atoms with E-state index in [1.54, 1.807) is 24.3 Å². The molecule has 5 aromatic rings. The lowest BCUT2D eigenvalue weighted by molar-refractivity contribution is 0.601. The molecule has 5 rings (SSSR count). The molecule has 0 atom stereocenters. The maximum Gasteiger partial charge on any atom is 0.261 e. The van der Waals surface area contributed by atoms with E-state index in [4.69, 9.17) is 0 Å². The summed E-state index contributed by atoms with van der Waals surface area (Å²) in [7, 11) is -3.68. The molecule has 5 aromatic carbocycles. The van der Waals surface area contributed by atoms with Crippen molar-refractivity contribution in [1.82, 2.24) is 0 Å². The predicted octanol–water partition coefficient (Wildman–Crippen LogP) is 7.13. The molecule has 168 valence electrons. The number of sulfonamides is 1. The summed E-state index contributed by atoms with van der Waals surface area (Å²) in [6, 6.07) is 37.9. The van der Waals surface area contributed by atoms with Crippen LogP contribution in [0.15, 0.2) is 126 Å². The van der Waals surface area contributed by atoms with E-state index >= 15 is 0 Å². The molecule has 0 bridgehead atoms. The van der Waals surface area contributed by atoms with Crippen molar-refractivity contribution < 1.29 is 8.42 Å². The Hall–Kier alpha value is -4.29. The van der Waals surface area contributed by atoms with Gasteiger partial charge in [0.15, 0.2) is 0 Å². The van der Waals surface area contributed by atoms with Gasteiger partial charge >= 0.3 is 0 Å². The quantitative estimate of drug-likeness (QED) is 0.239. The van der Waals surface area contributed by atoms with Gasteiger partial charge in [-0.15, -0.1) is 0 Å². The first-order valence-corrected chi connectivity index (χ1v) is 12.3. The topological polar surface area (TPSA) is 70.2 Å². The molecule has 0 radical (unpaired) electrons. The first-order chi connectivity index (χ1) is 16.5. The molecule has 0 saturated carbocycles. The molecule has 0 aliphatic carbocycles. The largest absolute Gasteiger partial charge is 0.356 e. The van der Waals surface area contributed by atoms with E-state index in [0.717, 1.165) is 33.5 Å². The summed E-state index contributed by atoms with van der Waals surface area (Å²) in [5.41, 5.74) is 4.32. The Morgan fingerprint density at radius 3 is 1.50 bits per heavy atom. The maximum absolute atomic E-state index is 12.9. The molecule has 0 amide bonds. The molecule has 0 saturated heterocycles. The standard InChI is InChI=1S/C28H23N3O2S/c32-34(33,28-19-10-21-6-4-5-7-22(21)20-28)31-27-17-15-26(16-18-27)30-25-13-11-24(12-14-25)29-23-8-2-1-3-9-23/h1-20,29-31H. The molecule has 0 aliphatic rings. The Kier molecular flexibility index (Phi) is 5.89. The van der Waals surface area contributed by atoms with Crippen molar-refractivity contribution in [2.45, 2.75) is 4.90 Å². The Labute approximate surface area is 199 Å². The molecule has 34 heavy (non-hydrogen) atoms. The number of hydrogen-bond donors (Lipinski definition) is 3. The fourth-order valence-corrected chi connectivity index (χ4v) is 4.76. The van der Waals surface area contributed by atoms with Gasteiger partial charge in [0.05, 0.1) is 4.90 Å². The second kappa shape index (κ2) is 9.29. The first-order valence-electron chi connectivity index (χ1n) is 10.9. The van der Waals surface area contributed by atoms with Crippen LogP contribution in [-0.2, 0) is 10.0 Å².